The number of halogens is 1. The molecule has 130 valence electrons. The molecule has 24 heavy (non-hydrogen) atoms. The van der Waals surface area contributed by atoms with Crippen LogP contribution in [0.4, 0.5) is 0 Å². The van der Waals surface area contributed by atoms with Crippen LogP contribution in [-0.2, 0) is 6.54 Å². The highest BCUT2D eigenvalue weighted by Crippen LogP contribution is 2.15. The van der Waals surface area contributed by atoms with E-state index in [-0.39, 0.29) is 0 Å². The first kappa shape index (κ1) is 18.1. The SMILES string of the molecule is CCNC(=NCc1nc(C)no1)N(C)CCOc1ccc(Cl)cc1. The second kappa shape index (κ2) is 9.12. The molecule has 0 aliphatic rings. The summed E-state index contributed by atoms with van der Waals surface area (Å²) in [4.78, 5) is 10.6. The molecule has 0 atom stereocenters. The van der Waals surface area contributed by atoms with Gasteiger partial charge in [-0.1, -0.05) is 16.8 Å². The fourth-order valence-electron chi connectivity index (χ4n) is 1.95. The van der Waals surface area contributed by atoms with Crippen molar-refractivity contribution in [2.45, 2.75) is 20.4 Å². The van der Waals surface area contributed by atoms with E-state index in [0.29, 0.717) is 36.4 Å². The second-order valence-corrected chi connectivity index (χ2v) is 5.57. The zero-order valence-electron chi connectivity index (χ0n) is 14.1. The van der Waals surface area contributed by atoms with Crippen LogP contribution in [0.2, 0.25) is 5.02 Å². The van der Waals surface area contributed by atoms with Crippen molar-refractivity contribution in [3.63, 3.8) is 0 Å². The van der Waals surface area contributed by atoms with Crippen LogP contribution in [0.5, 0.6) is 5.75 Å². The standard InChI is InChI=1S/C16H22ClN5O2/c1-4-18-16(19-11-15-20-12(2)21-24-15)22(3)9-10-23-14-7-5-13(17)6-8-14/h5-8H,4,9-11H2,1-3H3,(H,18,19). The first-order valence-corrected chi connectivity index (χ1v) is 8.13. The molecule has 0 saturated carbocycles. The first-order chi connectivity index (χ1) is 11.6. The number of guanidine groups is 1. The summed E-state index contributed by atoms with van der Waals surface area (Å²) in [6.45, 7) is 6.11. The Balaban J connectivity index is 1.85. The average molecular weight is 352 g/mol. The summed E-state index contributed by atoms with van der Waals surface area (Å²) < 4.78 is 10.8. The summed E-state index contributed by atoms with van der Waals surface area (Å²) >= 11 is 5.85. The number of hydrogen-bond donors (Lipinski definition) is 1. The maximum atomic E-state index is 5.85. The zero-order chi connectivity index (χ0) is 17.4. The number of likely N-dealkylation sites (N-methyl/N-ethyl adjacent to an activating group) is 1. The molecule has 2 aromatic rings. The quantitative estimate of drug-likeness (QED) is 0.610. The van der Waals surface area contributed by atoms with Gasteiger partial charge in [0.2, 0.25) is 5.89 Å². The van der Waals surface area contributed by atoms with Crippen molar-refractivity contribution in [3.05, 3.63) is 41.0 Å². The number of hydrogen-bond acceptors (Lipinski definition) is 5. The Labute approximate surface area is 146 Å². The van der Waals surface area contributed by atoms with E-state index >= 15 is 0 Å². The van der Waals surface area contributed by atoms with Gasteiger partial charge in [0, 0.05) is 18.6 Å². The maximum absolute atomic E-state index is 5.85. The summed E-state index contributed by atoms with van der Waals surface area (Å²) in [5.41, 5.74) is 0. The van der Waals surface area contributed by atoms with Gasteiger partial charge in [0.05, 0.1) is 6.54 Å². The van der Waals surface area contributed by atoms with Crippen molar-refractivity contribution in [2.75, 3.05) is 26.7 Å². The van der Waals surface area contributed by atoms with E-state index in [1.165, 1.54) is 0 Å². The number of nitrogens with zero attached hydrogens (tertiary/aromatic N) is 4. The summed E-state index contributed by atoms with van der Waals surface area (Å²) in [5, 5.41) is 7.68. The van der Waals surface area contributed by atoms with Crippen molar-refractivity contribution in [1.82, 2.24) is 20.4 Å². The molecule has 0 aliphatic carbocycles. The smallest absolute Gasteiger partial charge is 0.248 e. The topological polar surface area (TPSA) is 75.8 Å². The molecule has 1 aromatic heterocycles. The first-order valence-electron chi connectivity index (χ1n) is 7.75. The van der Waals surface area contributed by atoms with Crippen LogP contribution in [0.25, 0.3) is 0 Å². The van der Waals surface area contributed by atoms with Gasteiger partial charge in [-0.05, 0) is 38.1 Å². The van der Waals surface area contributed by atoms with E-state index in [2.05, 4.69) is 20.4 Å². The molecule has 0 unspecified atom stereocenters. The van der Waals surface area contributed by atoms with Crippen molar-refractivity contribution in [2.24, 2.45) is 4.99 Å². The molecule has 0 saturated heterocycles. The summed E-state index contributed by atoms with van der Waals surface area (Å²) in [6, 6.07) is 7.30. The fourth-order valence-corrected chi connectivity index (χ4v) is 2.08. The number of benzene rings is 1. The van der Waals surface area contributed by atoms with Crippen molar-refractivity contribution >= 4 is 17.6 Å². The number of aryl methyl sites for hydroxylation is 1. The summed E-state index contributed by atoms with van der Waals surface area (Å²) in [5.74, 6) is 2.65. The lowest BCUT2D eigenvalue weighted by atomic mass is 10.3. The van der Waals surface area contributed by atoms with Crippen molar-refractivity contribution in [1.29, 1.82) is 0 Å². The van der Waals surface area contributed by atoms with Crippen LogP contribution in [-0.4, -0.2) is 47.7 Å². The van der Waals surface area contributed by atoms with Gasteiger partial charge in [-0.2, -0.15) is 4.98 Å². The number of aliphatic imine (C=N–C) groups is 1. The highest BCUT2D eigenvalue weighted by atomic mass is 35.5. The zero-order valence-corrected chi connectivity index (χ0v) is 14.9. The monoisotopic (exact) mass is 351 g/mol. The Kier molecular flexibility index (Phi) is 6.87. The molecule has 8 heteroatoms. The van der Waals surface area contributed by atoms with Crippen LogP contribution in [0.1, 0.15) is 18.6 Å². The van der Waals surface area contributed by atoms with E-state index in [1.807, 2.05) is 31.0 Å². The maximum Gasteiger partial charge on any atom is 0.248 e. The van der Waals surface area contributed by atoms with Crippen LogP contribution in [0.3, 0.4) is 0 Å². The van der Waals surface area contributed by atoms with Crippen molar-refractivity contribution in [3.8, 4) is 5.75 Å². The molecule has 0 radical (unpaired) electrons. The van der Waals surface area contributed by atoms with Gasteiger partial charge in [0.15, 0.2) is 11.8 Å². The molecule has 1 N–H and O–H groups in total. The molecule has 0 bridgehead atoms. The molecule has 0 aliphatic heterocycles. The lowest BCUT2D eigenvalue weighted by Crippen LogP contribution is -2.40. The highest BCUT2D eigenvalue weighted by Gasteiger charge is 2.08. The summed E-state index contributed by atoms with van der Waals surface area (Å²) in [7, 11) is 1.95. The van der Waals surface area contributed by atoms with E-state index in [4.69, 9.17) is 20.9 Å². The molecule has 1 heterocycles. The van der Waals surface area contributed by atoms with Crippen LogP contribution >= 0.6 is 11.6 Å². The molecular weight excluding hydrogens is 330 g/mol. The number of aromatic nitrogens is 2. The van der Waals surface area contributed by atoms with Crippen LogP contribution < -0.4 is 10.1 Å². The van der Waals surface area contributed by atoms with E-state index in [0.717, 1.165) is 18.3 Å². The van der Waals surface area contributed by atoms with Gasteiger partial charge in [0.1, 0.15) is 18.9 Å². The normalized spacial score (nSPS) is 11.4. The minimum atomic E-state index is 0.339. The van der Waals surface area contributed by atoms with Gasteiger partial charge in [-0.15, -0.1) is 0 Å². The average Bonchev–Trinajstić information content (AvgIpc) is 2.98. The Morgan fingerprint density at radius 1 is 1.38 bits per heavy atom. The summed E-state index contributed by atoms with van der Waals surface area (Å²) in [6.07, 6.45) is 0. The van der Waals surface area contributed by atoms with E-state index < -0.39 is 0 Å². The van der Waals surface area contributed by atoms with E-state index in [1.54, 1.807) is 19.1 Å². The van der Waals surface area contributed by atoms with Gasteiger partial charge >= 0.3 is 0 Å². The van der Waals surface area contributed by atoms with E-state index in [9.17, 15) is 0 Å². The molecule has 0 spiro atoms. The Morgan fingerprint density at radius 3 is 2.75 bits per heavy atom. The molecule has 0 amide bonds. The molecular formula is C16H22ClN5O2. The van der Waals surface area contributed by atoms with Crippen molar-refractivity contribution < 1.29 is 9.26 Å². The largest absolute Gasteiger partial charge is 0.492 e. The number of rotatable bonds is 7. The third kappa shape index (κ3) is 5.73. The van der Waals surface area contributed by atoms with Crippen LogP contribution in [0, 0.1) is 6.92 Å². The van der Waals surface area contributed by atoms with Gasteiger partial charge < -0.3 is 19.5 Å². The third-order valence-electron chi connectivity index (χ3n) is 3.14. The van der Waals surface area contributed by atoms with Gasteiger partial charge in [-0.25, -0.2) is 4.99 Å². The van der Waals surface area contributed by atoms with Gasteiger partial charge in [-0.3, -0.25) is 0 Å². The Hall–Kier alpha value is -2.28. The molecule has 1 aromatic carbocycles. The lowest BCUT2D eigenvalue weighted by molar-refractivity contribution is 0.281. The lowest BCUT2D eigenvalue weighted by Gasteiger charge is -2.21. The number of nitrogens with one attached hydrogen (secondary N) is 1. The Bertz CT molecular complexity index is 657. The van der Waals surface area contributed by atoms with Crippen LogP contribution in [0.15, 0.2) is 33.8 Å². The second-order valence-electron chi connectivity index (χ2n) is 5.13. The third-order valence-corrected chi connectivity index (χ3v) is 3.39. The predicted octanol–water partition coefficient (Wildman–Crippen LogP) is 2.51. The minimum Gasteiger partial charge on any atom is -0.492 e. The molecule has 2 rings (SSSR count). The minimum absolute atomic E-state index is 0.339. The molecule has 7 nitrogen and oxygen atoms in total. The Morgan fingerprint density at radius 2 is 2.12 bits per heavy atom. The fraction of sp³-hybridized carbons (Fsp3) is 0.438. The number of ether oxygens (including phenoxy) is 1. The van der Waals surface area contributed by atoms with Gasteiger partial charge in [0.25, 0.3) is 0 Å². The highest BCUT2D eigenvalue weighted by molar-refractivity contribution is 6.30. The molecule has 0 fully saturated rings. The predicted molar refractivity (Wildman–Crippen MR) is 93.4 cm³/mol.